The molecule has 1 rings (SSSR count). The highest BCUT2D eigenvalue weighted by Gasteiger charge is 2.34. The molecule has 21 heavy (non-hydrogen) atoms. The average Bonchev–Trinajstić information content (AvgIpc) is 2.32. The van der Waals surface area contributed by atoms with Crippen molar-refractivity contribution in [1.82, 2.24) is 10.2 Å². The molecule has 4 nitrogen and oxygen atoms in total. The van der Waals surface area contributed by atoms with Crippen molar-refractivity contribution in [1.29, 1.82) is 0 Å². The fourth-order valence-electron chi connectivity index (χ4n) is 3.08. The van der Waals surface area contributed by atoms with E-state index < -0.39 is 6.04 Å². The summed E-state index contributed by atoms with van der Waals surface area (Å²) in [5.41, 5.74) is 5.78. The van der Waals surface area contributed by atoms with Crippen LogP contribution in [0.5, 0.6) is 0 Å². The number of nitrogens with two attached hydrogens (primary N) is 1. The molecule has 0 aliphatic carbocycles. The van der Waals surface area contributed by atoms with Gasteiger partial charge >= 0.3 is 0 Å². The first kappa shape index (κ1) is 18.4. The van der Waals surface area contributed by atoms with Crippen LogP contribution in [0.2, 0.25) is 0 Å². The first-order valence-corrected chi connectivity index (χ1v) is 8.22. The molecule has 4 heteroatoms. The zero-order valence-corrected chi connectivity index (χ0v) is 15.0. The Morgan fingerprint density at radius 2 is 1.67 bits per heavy atom. The smallest absolute Gasteiger partial charge is 0.237 e. The van der Waals surface area contributed by atoms with Crippen molar-refractivity contribution in [3.8, 4) is 0 Å². The predicted molar refractivity (Wildman–Crippen MR) is 89.0 cm³/mol. The molecule has 3 atom stereocenters. The number of nitrogens with zero attached hydrogens (tertiary/aromatic N) is 1. The first-order chi connectivity index (χ1) is 9.43. The largest absolute Gasteiger partial charge is 0.353 e. The summed E-state index contributed by atoms with van der Waals surface area (Å²) in [6.45, 7) is 17.9. The van der Waals surface area contributed by atoms with Gasteiger partial charge in [0.15, 0.2) is 0 Å². The molecule has 0 aromatic heterocycles. The van der Waals surface area contributed by atoms with Crippen molar-refractivity contribution < 1.29 is 4.79 Å². The number of piperidine rings is 1. The zero-order valence-electron chi connectivity index (χ0n) is 15.0. The number of hydrogen-bond donors (Lipinski definition) is 2. The Labute approximate surface area is 130 Å². The molecule has 0 saturated carbocycles. The van der Waals surface area contributed by atoms with E-state index >= 15 is 0 Å². The normalized spacial score (nSPS) is 26.5. The lowest BCUT2D eigenvalue weighted by Crippen LogP contribution is -2.58. The van der Waals surface area contributed by atoms with Gasteiger partial charge in [0, 0.05) is 25.2 Å². The van der Waals surface area contributed by atoms with E-state index in [1.807, 2.05) is 20.8 Å². The molecule has 0 aromatic carbocycles. The molecule has 1 fully saturated rings. The molecule has 1 aliphatic rings. The predicted octanol–water partition coefficient (Wildman–Crippen LogP) is 2.23. The van der Waals surface area contributed by atoms with Gasteiger partial charge in [-0.25, -0.2) is 0 Å². The fourth-order valence-corrected chi connectivity index (χ4v) is 3.08. The number of carbonyl (C=O) groups is 1. The maximum absolute atomic E-state index is 12.2. The van der Waals surface area contributed by atoms with Crippen molar-refractivity contribution >= 4 is 5.91 Å². The summed E-state index contributed by atoms with van der Waals surface area (Å²) in [6.07, 6.45) is 1.30. The lowest BCUT2D eigenvalue weighted by Gasteiger charge is -2.45. The summed E-state index contributed by atoms with van der Waals surface area (Å²) in [7, 11) is 0. The SMILES string of the molecule is CC1CC(C)CN(C(C)(C)CNC(=O)[C@@H](N)C(C)(C)C)C1. The Morgan fingerprint density at radius 1 is 1.19 bits per heavy atom. The first-order valence-electron chi connectivity index (χ1n) is 8.22. The van der Waals surface area contributed by atoms with Crippen LogP contribution in [0.25, 0.3) is 0 Å². The van der Waals surface area contributed by atoms with Crippen molar-refractivity contribution in [3.05, 3.63) is 0 Å². The molecule has 1 heterocycles. The van der Waals surface area contributed by atoms with Crippen LogP contribution in [-0.2, 0) is 4.79 Å². The molecule has 1 saturated heterocycles. The molecule has 1 aliphatic heterocycles. The van der Waals surface area contributed by atoms with Crippen molar-refractivity contribution in [2.75, 3.05) is 19.6 Å². The van der Waals surface area contributed by atoms with E-state index in [4.69, 9.17) is 5.73 Å². The van der Waals surface area contributed by atoms with E-state index in [1.165, 1.54) is 6.42 Å². The molecule has 3 N–H and O–H groups in total. The van der Waals surface area contributed by atoms with Gasteiger partial charge in [0.2, 0.25) is 5.91 Å². The Morgan fingerprint density at radius 3 is 2.10 bits per heavy atom. The van der Waals surface area contributed by atoms with E-state index in [9.17, 15) is 4.79 Å². The fraction of sp³-hybridized carbons (Fsp3) is 0.941. The van der Waals surface area contributed by atoms with Crippen LogP contribution in [0.3, 0.4) is 0 Å². The van der Waals surface area contributed by atoms with Crippen LogP contribution in [0.1, 0.15) is 54.9 Å². The average molecular weight is 297 g/mol. The number of carbonyl (C=O) groups excluding carboxylic acids is 1. The second kappa shape index (κ2) is 6.66. The number of amides is 1. The van der Waals surface area contributed by atoms with Gasteiger partial charge in [-0.15, -0.1) is 0 Å². The molecular weight excluding hydrogens is 262 g/mol. The van der Waals surface area contributed by atoms with E-state index in [1.54, 1.807) is 0 Å². The van der Waals surface area contributed by atoms with Gasteiger partial charge < -0.3 is 11.1 Å². The topological polar surface area (TPSA) is 58.4 Å². The molecule has 0 bridgehead atoms. The number of likely N-dealkylation sites (tertiary alicyclic amines) is 1. The number of rotatable bonds is 4. The summed E-state index contributed by atoms with van der Waals surface area (Å²) in [4.78, 5) is 14.7. The van der Waals surface area contributed by atoms with Crippen LogP contribution in [0.15, 0.2) is 0 Å². The Kier molecular flexibility index (Phi) is 5.84. The van der Waals surface area contributed by atoms with Gasteiger partial charge in [0.1, 0.15) is 0 Å². The molecular formula is C17H35N3O. The summed E-state index contributed by atoms with van der Waals surface area (Å²) < 4.78 is 0. The molecule has 0 spiro atoms. The van der Waals surface area contributed by atoms with E-state index in [0.29, 0.717) is 6.54 Å². The second-order valence-corrected chi connectivity index (χ2v) is 8.72. The maximum Gasteiger partial charge on any atom is 0.237 e. The summed E-state index contributed by atoms with van der Waals surface area (Å²) in [6, 6.07) is -0.465. The highest BCUT2D eigenvalue weighted by Crippen LogP contribution is 2.27. The quantitative estimate of drug-likeness (QED) is 0.836. The molecule has 2 unspecified atom stereocenters. The molecule has 0 radical (unpaired) electrons. The number of nitrogens with one attached hydrogen (secondary N) is 1. The Hall–Kier alpha value is -0.610. The van der Waals surface area contributed by atoms with Crippen LogP contribution < -0.4 is 11.1 Å². The van der Waals surface area contributed by atoms with Gasteiger partial charge in [-0.1, -0.05) is 34.6 Å². The minimum atomic E-state index is -0.465. The molecule has 1 amide bonds. The number of hydrogen-bond acceptors (Lipinski definition) is 3. The Bertz CT molecular complexity index is 350. The van der Waals surface area contributed by atoms with Gasteiger partial charge in [-0.3, -0.25) is 9.69 Å². The standard InChI is InChI=1S/C17H35N3O/c1-12-8-13(2)10-20(9-12)17(6,7)11-19-15(21)14(18)16(3,4)5/h12-14H,8-11,18H2,1-7H3,(H,19,21)/t12?,13?,14-/m1/s1. The van der Waals surface area contributed by atoms with Crippen LogP contribution in [0, 0.1) is 17.3 Å². The summed E-state index contributed by atoms with van der Waals surface area (Å²) in [5.74, 6) is 1.40. The van der Waals surface area contributed by atoms with Gasteiger partial charge in [0.05, 0.1) is 6.04 Å². The molecule has 0 aromatic rings. The van der Waals surface area contributed by atoms with Gasteiger partial charge in [-0.2, -0.15) is 0 Å². The van der Waals surface area contributed by atoms with Gasteiger partial charge in [-0.05, 0) is 37.5 Å². The highest BCUT2D eigenvalue weighted by atomic mass is 16.2. The van der Waals surface area contributed by atoms with Crippen LogP contribution in [-0.4, -0.2) is 42.0 Å². The minimum absolute atomic E-state index is 0.0315. The van der Waals surface area contributed by atoms with E-state index in [0.717, 1.165) is 24.9 Å². The van der Waals surface area contributed by atoms with E-state index in [2.05, 4.69) is 37.9 Å². The molecule has 124 valence electrons. The van der Waals surface area contributed by atoms with Gasteiger partial charge in [0.25, 0.3) is 0 Å². The lowest BCUT2D eigenvalue weighted by molar-refractivity contribution is -0.125. The minimum Gasteiger partial charge on any atom is -0.353 e. The maximum atomic E-state index is 12.2. The van der Waals surface area contributed by atoms with E-state index in [-0.39, 0.29) is 16.9 Å². The third-order valence-corrected chi connectivity index (χ3v) is 4.64. The third-order valence-electron chi connectivity index (χ3n) is 4.64. The third kappa shape index (κ3) is 5.26. The van der Waals surface area contributed by atoms with Crippen molar-refractivity contribution in [2.45, 2.75) is 66.5 Å². The monoisotopic (exact) mass is 297 g/mol. The summed E-state index contributed by atoms with van der Waals surface area (Å²) in [5, 5.41) is 3.05. The second-order valence-electron chi connectivity index (χ2n) is 8.72. The van der Waals surface area contributed by atoms with Crippen molar-refractivity contribution in [3.63, 3.8) is 0 Å². The van der Waals surface area contributed by atoms with Crippen LogP contribution >= 0.6 is 0 Å². The van der Waals surface area contributed by atoms with Crippen molar-refractivity contribution in [2.24, 2.45) is 23.0 Å². The zero-order chi connectivity index (χ0) is 16.4. The summed E-state index contributed by atoms with van der Waals surface area (Å²) >= 11 is 0. The highest BCUT2D eigenvalue weighted by molar-refractivity contribution is 5.82. The Balaban J connectivity index is 2.58. The lowest BCUT2D eigenvalue weighted by atomic mass is 9.86. The van der Waals surface area contributed by atoms with Crippen LogP contribution in [0.4, 0.5) is 0 Å².